The van der Waals surface area contributed by atoms with Crippen molar-refractivity contribution in [2.45, 2.75) is 39.2 Å². The van der Waals surface area contributed by atoms with Crippen LogP contribution in [-0.4, -0.2) is 31.1 Å². The molecule has 0 fully saturated rings. The van der Waals surface area contributed by atoms with Crippen LogP contribution in [0.2, 0.25) is 0 Å². The molecule has 1 atom stereocenters. The molecule has 1 aromatic rings. The van der Waals surface area contributed by atoms with Gasteiger partial charge in [0.05, 0.1) is 0 Å². The first-order valence-electron chi connectivity index (χ1n) is 7.38. The molecule has 1 unspecified atom stereocenters. The number of unbranched alkanes of at least 4 members (excludes halogenated alkanes) is 1. The molecule has 0 aromatic heterocycles. The lowest BCUT2D eigenvalue weighted by Crippen LogP contribution is -2.59. The first kappa shape index (κ1) is 16.5. The highest BCUT2D eigenvalue weighted by Gasteiger charge is 2.32. The number of hydrogen-bond acceptors (Lipinski definition) is 3. The number of carbonyl (C=O) groups excluding carboxylic acids is 1. The molecule has 112 valence electrons. The number of anilines is 1. The zero-order chi connectivity index (χ0) is 15.0. The van der Waals surface area contributed by atoms with Crippen LogP contribution in [0.1, 0.15) is 33.6 Å². The predicted molar refractivity (Wildman–Crippen MR) is 84.8 cm³/mol. The van der Waals surface area contributed by atoms with Crippen LogP contribution in [0.4, 0.5) is 5.69 Å². The van der Waals surface area contributed by atoms with Gasteiger partial charge in [-0.15, -0.1) is 0 Å². The molecule has 4 heteroatoms. The predicted octanol–water partition coefficient (Wildman–Crippen LogP) is 2.15. The maximum absolute atomic E-state index is 11.8. The minimum absolute atomic E-state index is 0.309. The monoisotopic (exact) mass is 277 g/mol. The zero-order valence-corrected chi connectivity index (χ0v) is 12.9. The molecular formula is C16H27N3O. The lowest BCUT2D eigenvalue weighted by atomic mass is 10.00. The Kier molecular flexibility index (Phi) is 6.52. The van der Waals surface area contributed by atoms with E-state index in [1.165, 1.54) is 0 Å². The smallest absolute Gasteiger partial charge is 0.239 e. The van der Waals surface area contributed by atoms with E-state index in [-0.39, 0.29) is 5.91 Å². The number of nitrogens with one attached hydrogen (secondary N) is 1. The summed E-state index contributed by atoms with van der Waals surface area (Å²) in [5, 5.41) is 3.22. The van der Waals surface area contributed by atoms with Gasteiger partial charge < -0.3 is 16.0 Å². The summed E-state index contributed by atoms with van der Waals surface area (Å²) in [6.45, 7) is 8.26. The van der Waals surface area contributed by atoms with Crippen LogP contribution in [0.3, 0.4) is 0 Å². The van der Waals surface area contributed by atoms with E-state index in [0.717, 1.165) is 31.6 Å². The van der Waals surface area contributed by atoms with E-state index in [0.29, 0.717) is 6.54 Å². The second-order valence-corrected chi connectivity index (χ2v) is 5.34. The number of primary amides is 1. The highest BCUT2D eigenvalue weighted by molar-refractivity contribution is 5.85. The Labute approximate surface area is 122 Å². The normalized spacial score (nSPS) is 13.8. The largest absolute Gasteiger partial charge is 0.369 e. The van der Waals surface area contributed by atoms with Crippen molar-refractivity contribution in [3.05, 3.63) is 30.3 Å². The van der Waals surface area contributed by atoms with Crippen LogP contribution in [0, 0.1) is 0 Å². The van der Waals surface area contributed by atoms with Crippen molar-refractivity contribution in [1.82, 2.24) is 5.32 Å². The summed E-state index contributed by atoms with van der Waals surface area (Å²) in [6.07, 6.45) is 2.22. The number of amides is 1. The van der Waals surface area contributed by atoms with Gasteiger partial charge in [0.1, 0.15) is 5.54 Å². The van der Waals surface area contributed by atoms with E-state index in [1.807, 2.05) is 32.0 Å². The summed E-state index contributed by atoms with van der Waals surface area (Å²) >= 11 is 0. The zero-order valence-electron chi connectivity index (χ0n) is 12.9. The Bertz CT molecular complexity index is 407. The van der Waals surface area contributed by atoms with E-state index in [4.69, 9.17) is 5.73 Å². The molecule has 0 radical (unpaired) electrons. The highest BCUT2D eigenvalue weighted by Crippen LogP contribution is 2.18. The van der Waals surface area contributed by atoms with Crippen LogP contribution in [0.15, 0.2) is 30.3 Å². The molecule has 0 aliphatic carbocycles. The third kappa shape index (κ3) is 4.53. The summed E-state index contributed by atoms with van der Waals surface area (Å²) in [5.41, 5.74) is 6.00. The second kappa shape index (κ2) is 7.90. The first-order chi connectivity index (χ1) is 9.53. The van der Waals surface area contributed by atoms with Crippen molar-refractivity contribution in [1.29, 1.82) is 0 Å². The average Bonchev–Trinajstić information content (AvgIpc) is 2.44. The second-order valence-electron chi connectivity index (χ2n) is 5.34. The molecule has 0 aliphatic rings. The van der Waals surface area contributed by atoms with Gasteiger partial charge in [0.15, 0.2) is 0 Å². The van der Waals surface area contributed by atoms with E-state index >= 15 is 0 Å². The number of likely N-dealkylation sites (N-methyl/N-ethyl adjacent to an activating group) is 1. The fourth-order valence-corrected chi connectivity index (χ4v) is 2.28. The van der Waals surface area contributed by atoms with Crippen molar-refractivity contribution in [2.75, 3.05) is 24.5 Å². The lowest BCUT2D eigenvalue weighted by Gasteiger charge is -2.35. The van der Waals surface area contributed by atoms with Gasteiger partial charge in [0.25, 0.3) is 0 Å². The topological polar surface area (TPSA) is 58.4 Å². The van der Waals surface area contributed by atoms with Gasteiger partial charge >= 0.3 is 0 Å². The Balaban J connectivity index is 2.91. The molecule has 1 aromatic carbocycles. The number of rotatable bonds is 9. The standard InChI is InChI=1S/C16H27N3O/c1-4-6-12-19(14-10-8-7-9-11-14)13-16(3,15(17)20)18-5-2/h7-11,18H,4-6,12-13H2,1-3H3,(H2,17,20). The quantitative estimate of drug-likeness (QED) is 0.727. The van der Waals surface area contributed by atoms with Gasteiger partial charge in [-0.3, -0.25) is 4.79 Å². The van der Waals surface area contributed by atoms with E-state index in [2.05, 4.69) is 29.3 Å². The molecule has 1 rings (SSSR count). The summed E-state index contributed by atoms with van der Waals surface area (Å²) < 4.78 is 0. The SMILES string of the molecule is CCCCN(CC(C)(NCC)C(N)=O)c1ccccc1. The minimum Gasteiger partial charge on any atom is -0.369 e. The summed E-state index contributed by atoms with van der Waals surface area (Å²) in [7, 11) is 0. The number of para-hydroxylation sites is 1. The average molecular weight is 277 g/mol. The maximum atomic E-state index is 11.8. The number of hydrogen-bond donors (Lipinski definition) is 2. The third-order valence-corrected chi connectivity index (χ3v) is 3.52. The van der Waals surface area contributed by atoms with E-state index in [9.17, 15) is 4.79 Å². The van der Waals surface area contributed by atoms with E-state index < -0.39 is 5.54 Å². The molecule has 0 spiro atoms. The number of nitrogens with zero attached hydrogens (tertiary/aromatic N) is 1. The van der Waals surface area contributed by atoms with Crippen molar-refractivity contribution >= 4 is 11.6 Å². The van der Waals surface area contributed by atoms with Gasteiger partial charge in [0, 0.05) is 18.8 Å². The molecule has 0 saturated heterocycles. The molecular weight excluding hydrogens is 250 g/mol. The Morgan fingerprint density at radius 2 is 1.95 bits per heavy atom. The molecule has 0 heterocycles. The first-order valence-corrected chi connectivity index (χ1v) is 7.38. The summed E-state index contributed by atoms with van der Waals surface area (Å²) in [6, 6.07) is 10.2. The van der Waals surface area contributed by atoms with Crippen molar-refractivity contribution in [2.24, 2.45) is 5.73 Å². The van der Waals surface area contributed by atoms with Gasteiger partial charge in [0.2, 0.25) is 5.91 Å². The van der Waals surface area contributed by atoms with Crippen LogP contribution in [0.5, 0.6) is 0 Å². The van der Waals surface area contributed by atoms with E-state index in [1.54, 1.807) is 0 Å². The summed E-state index contributed by atoms with van der Waals surface area (Å²) in [5.74, 6) is -0.309. The molecule has 4 nitrogen and oxygen atoms in total. The third-order valence-electron chi connectivity index (χ3n) is 3.52. The fraction of sp³-hybridized carbons (Fsp3) is 0.562. The minimum atomic E-state index is -0.710. The van der Waals surface area contributed by atoms with Crippen molar-refractivity contribution in [3.63, 3.8) is 0 Å². The van der Waals surface area contributed by atoms with Crippen LogP contribution in [0.25, 0.3) is 0 Å². The molecule has 0 bridgehead atoms. The Morgan fingerprint density at radius 1 is 1.30 bits per heavy atom. The molecule has 20 heavy (non-hydrogen) atoms. The fourth-order valence-electron chi connectivity index (χ4n) is 2.28. The van der Waals surface area contributed by atoms with Crippen LogP contribution >= 0.6 is 0 Å². The van der Waals surface area contributed by atoms with Crippen LogP contribution < -0.4 is 16.0 Å². The molecule has 0 saturated carbocycles. The van der Waals surface area contributed by atoms with Crippen LogP contribution in [-0.2, 0) is 4.79 Å². The Hall–Kier alpha value is -1.55. The highest BCUT2D eigenvalue weighted by atomic mass is 16.1. The summed E-state index contributed by atoms with van der Waals surface area (Å²) in [4.78, 5) is 14.0. The molecule has 0 aliphatic heterocycles. The van der Waals surface area contributed by atoms with Crippen molar-refractivity contribution < 1.29 is 4.79 Å². The number of benzene rings is 1. The van der Waals surface area contributed by atoms with Crippen molar-refractivity contribution in [3.8, 4) is 0 Å². The number of carbonyl (C=O) groups is 1. The lowest BCUT2D eigenvalue weighted by molar-refractivity contribution is -0.123. The Morgan fingerprint density at radius 3 is 2.45 bits per heavy atom. The molecule has 3 N–H and O–H groups in total. The van der Waals surface area contributed by atoms with Gasteiger partial charge in [-0.05, 0) is 32.0 Å². The number of nitrogens with two attached hydrogens (primary N) is 1. The van der Waals surface area contributed by atoms with Gasteiger partial charge in [-0.1, -0.05) is 38.5 Å². The maximum Gasteiger partial charge on any atom is 0.239 e. The van der Waals surface area contributed by atoms with Gasteiger partial charge in [-0.25, -0.2) is 0 Å². The van der Waals surface area contributed by atoms with Gasteiger partial charge in [-0.2, -0.15) is 0 Å². The molecule has 1 amide bonds.